The molecule has 3 heterocycles. The first-order chi connectivity index (χ1) is 12.2. The summed E-state index contributed by atoms with van der Waals surface area (Å²) < 4.78 is 16.4. The average molecular weight is 343 g/mol. The van der Waals surface area contributed by atoms with E-state index in [0.717, 1.165) is 6.54 Å². The molecule has 130 valence electrons. The molecule has 0 unspecified atom stereocenters. The summed E-state index contributed by atoms with van der Waals surface area (Å²) in [5, 5.41) is 7.95. The summed E-state index contributed by atoms with van der Waals surface area (Å²) in [5.74, 6) is -0.376. The minimum atomic E-state index is -0.376. The first-order valence-corrected chi connectivity index (χ1v) is 8.63. The third-order valence-electron chi connectivity index (χ3n) is 4.75. The molecule has 8 heteroatoms. The second kappa shape index (κ2) is 6.72. The van der Waals surface area contributed by atoms with Gasteiger partial charge in [0, 0.05) is 0 Å². The molecule has 0 saturated carbocycles. The van der Waals surface area contributed by atoms with Gasteiger partial charge in [0.25, 0.3) is 5.56 Å². The van der Waals surface area contributed by atoms with E-state index in [9.17, 15) is 9.18 Å². The largest absolute Gasteiger partial charge is 0.333 e. The second-order valence-electron chi connectivity index (χ2n) is 6.46. The molecule has 0 aliphatic carbocycles. The Morgan fingerprint density at radius 2 is 2.04 bits per heavy atom. The molecule has 2 aromatic heterocycles. The number of fused-ring (bicyclic) bond motifs is 1. The van der Waals surface area contributed by atoms with E-state index in [-0.39, 0.29) is 16.9 Å². The Morgan fingerprint density at radius 3 is 2.84 bits per heavy atom. The highest BCUT2D eigenvalue weighted by molar-refractivity contribution is 5.70. The molecule has 4 rings (SSSR count). The van der Waals surface area contributed by atoms with Crippen LogP contribution in [0.2, 0.25) is 0 Å². The minimum absolute atomic E-state index is 0.205. The number of likely N-dealkylation sites (tertiary alicyclic amines) is 1. The Hall–Kier alpha value is -2.61. The van der Waals surface area contributed by atoms with Crippen LogP contribution in [0.1, 0.15) is 19.3 Å². The summed E-state index contributed by atoms with van der Waals surface area (Å²) in [7, 11) is 0. The van der Waals surface area contributed by atoms with Gasteiger partial charge >= 0.3 is 0 Å². The second-order valence-corrected chi connectivity index (χ2v) is 6.46. The lowest BCUT2D eigenvalue weighted by Gasteiger charge is -2.23. The zero-order chi connectivity index (χ0) is 17.2. The fourth-order valence-electron chi connectivity index (χ4n) is 3.37. The Labute approximate surface area is 143 Å². The topological polar surface area (TPSA) is 70.0 Å². The molecule has 1 saturated heterocycles. The highest BCUT2D eigenvalue weighted by atomic mass is 19.1. The van der Waals surface area contributed by atoms with Gasteiger partial charge in [-0.15, -0.1) is 5.10 Å². The summed E-state index contributed by atoms with van der Waals surface area (Å²) in [6.07, 6.45) is 5.35. The van der Waals surface area contributed by atoms with Gasteiger partial charge in [-0.25, -0.2) is 9.37 Å². The summed E-state index contributed by atoms with van der Waals surface area (Å²) in [5.41, 5.74) is 0.839. The van der Waals surface area contributed by atoms with Gasteiger partial charge in [0.1, 0.15) is 12.1 Å². The predicted octanol–water partition coefficient (Wildman–Crippen LogP) is 0.185. The molecule has 1 aromatic carbocycles. The van der Waals surface area contributed by atoms with Crippen molar-refractivity contribution in [2.75, 3.05) is 19.6 Å². The van der Waals surface area contributed by atoms with Gasteiger partial charge < -0.3 is 4.90 Å². The van der Waals surface area contributed by atoms with E-state index in [1.54, 1.807) is 16.7 Å². The molecule has 0 amide bonds. The Morgan fingerprint density at radius 1 is 1.20 bits per heavy atom. The number of quaternary nitrogens is 1. The summed E-state index contributed by atoms with van der Waals surface area (Å²) >= 11 is 0. The van der Waals surface area contributed by atoms with Crippen LogP contribution in [0.5, 0.6) is 0 Å². The molecule has 1 fully saturated rings. The molecule has 0 spiro atoms. The SMILES string of the molecule is O=c1c2nnn(-c3cccc(F)c3)c2ncn1CC[NH+]1CCCCC1. The molecule has 0 atom stereocenters. The maximum absolute atomic E-state index is 13.4. The van der Waals surface area contributed by atoms with Crippen molar-refractivity contribution in [2.45, 2.75) is 25.8 Å². The molecule has 1 aliphatic heterocycles. The maximum atomic E-state index is 13.4. The number of aromatic nitrogens is 5. The van der Waals surface area contributed by atoms with E-state index in [0.29, 0.717) is 17.9 Å². The summed E-state index contributed by atoms with van der Waals surface area (Å²) in [6, 6.07) is 5.97. The average Bonchev–Trinajstić information content (AvgIpc) is 3.07. The standard InChI is InChI=1S/C17H19FN6O/c18-13-5-4-6-14(11-13)24-16-15(20-21-24)17(25)23(12-19-16)10-9-22-7-2-1-3-8-22/h4-6,11-12H,1-3,7-10H2/p+1. The molecular weight excluding hydrogens is 323 g/mol. The van der Waals surface area contributed by atoms with Gasteiger partial charge in [-0.05, 0) is 37.5 Å². The van der Waals surface area contributed by atoms with Gasteiger partial charge in [-0.3, -0.25) is 9.36 Å². The monoisotopic (exact) mass is 343 g/mol. The van der Waals surface area contributed by atoms with Crippen molar-refractivity contribution in [3.05, 3.63) is 46.8 Å². The normalized spacial score (nSPS) is 15.7. The van der Waals surface area contributed by atoms with Crippen molar-refractivity contribution in [3.8, 4) is 5.69 Å². The van der Waals surface area contributed by atoms with Crippen LogP contribution in [-0.2, 0) is 6.54 Å². The quantitative estimate of drug-likeness (QED) is 0.734. The van der Waals surface area contributed by atoms with E-state index in [2.05, 4.69) is 15.3 Å². The van der Waals surface area contributed by atoms with Crippen molar-refractivity contribution < 1.29 is 9.29 Å². The molecule has 1 N–H and O–H groups in total. The lowest BCUT2D eigenvalue weighted by atomic mass is 10.1. The highest BCUT2D eigenvalue weighted by Gasteiger charge is 2.16. The van der Waals surface area contributed by atoms with Crippen LogP contribution in [0.25, 0.3) is 16.9 Å². The van der Waals surface area contributed by atoms with Gasteiger partial charge in [0.05, 0.1) is 31.9 Å². The first kappa shape index (κ1) is 15.9. The van der Waals surface area contributed by atoms with Gasteiger partial charge in [0.2, 0.25) is 0 Å². The van der Waals surface area contributed by atoms with Gasteiger partial charge in [-0.2, -0.15) is 4.68 Å². The lowest BCUT2D eigenvalue weighted by Crippen LogP contribution is -3.13. The molecular formula is C17H20FN6O+. The lowest BCUT2D eigenvalue weighted by molar-refractivity contribution is -0.905. The van der Waals surface area contributed by atoms with Crippen LogP contribution in [0.4, 0.5) is 4.39 Å². The van der Waals surface area contributed by atoms with E-state index in [1.165, 1.54) is 60.4 Å². The zero-order valence-electron chi connectivity index (χ0n) is 13.9. The van der Waals surface area contributed by atoms with Crippen LogP contribution >= 0.6 is 0 Å². The maximum Gasteiger partial charge on any atom is 0.283 e. The third kappa shape index (κ3) is 3.17. The van der Waals surface area contributed by atoms with Crippen molar-refractivity contribution in [3.63, 3.8) is 0 Å². The van der Waals surface area contributed by atoms with Crippen molar-refractivity contribution >= 4 is 11.2 Å². The van der Waals surface area contributed by atoms with E-state index >= 15 is 0 Å². The third-order valence-corrected chi connectivity index (χ3v) is 4.75. The minimum Gasteiger partial charge on any atom is -0.333 e. The van der Waals surface area contributed by atoms with Crippen molar-refractivity contribution in [1.82, 2.24) is 24.5 Å². The molecule has 3 aromatic rings. The number of nitrogens with zero attached hydrogens (tertiary/aromatic N) is 5. The number of nitrogens with one attached hydrogen (secondary N) is 1. The molecule has 0 bridgehead atoms. The van der Waals surface area contributed by atoms with Crippen LogP contribution < -0.4 is 10.5 Å². The van der Waals surface area contributed by atoms with E-state index < -0.39 is 0 Å². The predicted molar refractivity (Wildman–Crippen MR) is 90.3 cm³/mol. The van der Waals surface area contributed by atoms with Crippen LogP contribution in [0, 0.1) is 5.82 Å². The number of hydrogen-bond acceptors (Lipinski definition) is 4. The fraction of sp³-hybridized carbons (Fsp3) is 0.412. The molecule has 25 heavy (non-hydrogen) atoms. The van der Waals surface area contributed by atoms with Crippen LogP contribution in [0.3, 0.4) is 0 Å². The first-order valence-electron chi connectivity index (χ1n) is 8.63. The van der Waals surface area contributed by atoms with Gasteiger partial charge in [0.15, 0.2) is 11.2 Å². The Kier molecular flexibility index (Phi) is 4.27. The van der Waals surface area contributed by atoms with Crippen LogP contribution in [0.15, 0.2) is 35.4 Å². The van der Waals surface area contributed by atoms with Crippen molar-refractivity contribution in [2.24, 2.45) is 0 Å². The van der Waals surface area contributed by atoms with Gasteiger partial charge in [-0.1, -0.05) is 11.3 Å². The highest BCUT2D eigenvalue weighted by Crippen LogP contribution is 2.12. The van der Waals surface area contributed by atoms with Crippen molar-refractivity contribution in [1.29, 1.82) is 0 Å². The molecule has 1 aliphatic rings. The van der Waals surface area contributed by atoms with E-state index in [4.69, 9.17) is 0 Å². The number of piperidine rings is 1. The number of benzene rings is 1. The zero-order valence-corrected chi connectivity index (χ0v) is 13.9. The van der Waals surface area contributed by atoms with E-state index in [1.807, 2.05) is 0 Å². The number of halogens is 1. The van der Waals surface area contributed by atoms with Crippen LogP contribution in [-0.4, -0.2) is 44.2 Å². The summed E-state index contributed by atoms with van der Waals surface area (Å²) in [6.45, 7) is 3.86. The summed E-state index contributed by atoms with van der Waals surface area (Å²) in [4.78, 5) is 18.5. The Balaban J connectivity index is 1.62. The molecule has 7 nitrogen and oxygen atoms in total. The smallest absolute Gasteiger partial charge is 0.283 e. The number of hydrogen-bond donors (Lipinski definition) is 1. The Bertz CT molecular complexity index is 944. The number of rotatable bonds is 4. The molecule has 0 radical (unpaired) electrons. The fourth-order valence-corrected chi connectivity index (χ4v) is 3.37.